The van der Waals surface area contributed by atoms with E-state index in [2.05, 4.69) is 10.1 Å². The molecule has 0 saturated heterocycles. The first-order valence-electron chi connectivity index (χ1n) is 5.13. The van der Waals surface area contributed by atoms with E-state index in [0.717, 1.165) is 10.7 Å². The molecular formula is C11H8F3N3O2. The normalized spacial score (nSPS) is 11.6. The van der Waals surface area contributed by atoms with Gasteiger partial charge in [-0.2, -0.15) is 18.3 Å². The maximum absolute atomic E-state index is 12.6. The molecule has 0 aliphatic carbocycles. The zero-order valence-electron chi connectivity index (χ0n) is 9.64. The first-order chi connectivity index (χ1) is 8.80. The van der Waals surface area contributed by atoms with Crippen LogP contribution in [0.25, 0.3) is 5.82 Å². The molecule has 0 aromatic carbocycles. The first kappa shape index (κ1) is 13.1. The van der Waals surface area contributed by atoms with Crippen LogP contribution in [0.15, 0.2) is 24.4 Å². The van der Waals surface area contributed by atoms with Gasteiger partial charge in [0.2, 0.25) is 0 Å². The lowest BCUT2D eigenvalue weighted by molar-refractivity contribution is -0.141. The molecule has 0 amide bonds. The summed E-state index contributed by atoms with van der Waals surface area (Å²) in [5.74, 6) is -1.73. The molecule has 0 unspecified atom stereocenters. The van der Waals surface area contributed by atoms with E-state index in [-0.39, 0.29) is 11.4 Å². The number of nitrogens with zero attached hydrogens (tertiary/aromatic N) is 3. The lowest BCUT2D eigenvalue weighted by atomic mass is 10.2. The molecule has 5 nitrogen and oxygen atoms in total. The summed E-state index contributed by atoms with van der Waals surface area (Å²) in [5.41, 5.74) is -1.03. The number of aryl methyl sites for hydroxylation is 1. The number of carbonyl (C=O) groups is 1. The minimum Gasteiger partial charge on any atom is -0.478 e. The van der Waals surface area contributed by atoms with Gasteiger partial charge in [-0.1, -0.05) is 0 Å². The molecule has 2 heterocycles. The second kappa shape index (κ2) is 4.38. The molecule has 0 aliphatic heterocycles. The Balaban J connectivity index is 2.68. The Labute approximate surface area is 105 Å². The van der Waals surface area contributed by atoms with Crippen molar-refractivity contribution in [1.82, 2.24) is 14.8 Å². The van der Waals surface area contributed by atoms with E-state index in [1.165, 1.54) is 12.3 Å². The molecule has 2 aromatic heterocycles. The maximum Gasteiger partial charge on any atom is 0.433 e. The van der Waals surface area contributed by atoms with Crippen molar-refractivity contribution in [2.24, 2.45) is 0 Å². The molecule has 19 heavy (non-hydrogen) atoms. The Morgan fingerprint density at radius 2 is 2.00 bits per heavy atom. The molecule has 100 valence electrons. The van der Waals surface area contributed by atoms with Crippen molar-refractivity contribution in [2.45, 2.75) is 13.1 Å². The third kappa shape index (κ3) is 2.42. The van der Waals surface area contributed by atoms with Crippen LogP contribution in [0, 0.1) is 6.92 Å². The molecule has 0 bridgehead atoms. The molecule has 0 radical (unpaired) electrons. The van der Waals surface area contributed by atoms with Gasteiger partial charge >= 0.3 is 12.1 Å². The Morgan fingerprint density at radius 3 is 2.47 bits per heavy atom. The SMILES string of the molecule is Cc1ccnn1-c1nc(C(F)(F)F)ccc1C(=O)O. The van der Waals surface area contributed by atoms with Gasteiger partial charge in [-0.3, -0.25) is 0 Å². The van der Waals surface area contributed by atoms with Crippen molar-refractivity contribution in [1.29, 1.82) is 0 Å². The summed E-state index contributed by atoms with van der Waals surface area (Å²) in [7, 11) is 0. The topological polar surface area (TPSA) is 68.0 Å². The van der Waals surface area contributed by atoms with Crippen molar-refractivity contribution >= 4 is 5.97 Å². The molecule has 2 aromatic rings. The highest BCUT2D eigenvalue weighted by molar-refractivity contribution is 5.91. The number of alkyl halides is 3. The van der Waals surface area contributed by atoms with Gasteiger partial charge in [-0.15, -0.1) is 0 Å². The molecule has 0 saturated carbocycles. The zero-order chi connectivity index (χ0) is 14.2. The van der Waals surface area contributed by atoms with Crippen LogP contribution in [-0.2, 0) is 6.18 Å². The summed E-state index contributed by atoms with van der Waals surface area (Å²) in [6.07, 6.45) is -3.30. The second-order valence-electron chi connectivity index (χ2n) is 3.75. The molecule has 0 fully saturated rings. The summed E-state index contributed by atoms with van der Waals surface area (Å²) < 4.78 is 38.9. The van der Waals surface area contributed by atoms with E-state index >= 15 is 0 Å². The fraction of sp³-hybridized carbons (Fsp3) is 0.182. The average molecular weight is 271 g/mol. The number of rotatable bonds is 2. The summed E-state index contributed by atoms with van der Waals surface area (Å²) >= 11 is 0. The highest BCUT2D eigenvalue weighted by Crippen LogP contribution is 2.29. The van der Waals surface area contributed by atoms with Gasteiger partial charge in [0, 0.05) is 11.9 Å². The number of aromatic carboxylic acids is 1. The number of halogens is 3. The van der Waals surface area contributed by atoms with Crippen LogP contribution in [-0.4, -0.2) is 25.8 Å². The molecule has 0 aliphatic rings. The van der Waals surface area contributed by atoms with Crippen LogP contribution in [0.5, 0.6) is 0 Å². The summed E-state index contributed by atoms with van der Waals surface area (Å²) in [4.78, 5) is 14.4. The summed E-state index contributed by atoms with van der Waals surface area (Å²) in [6, 6.07) is 3.04. The van der Waals surface area contributed by atoms with Crippen LogP contribution in [0.3, 0.4) is 0 Å². The number of aromatic nitrogens is 3. The number of hydrogen-bond acceptors (Lipinski definition) is 3. The third-order valence-electron chi connectivity index (χ3n) is 2.43. The summed E-state index contributed by atoms with van der Waals surface area (Å²) in [6.45, 7) is 1.58. The second-order valence-corrected chi connectivity index (χ2v) is 3.75. The van der Waals surface area contributed by atoms with E-state index < -0.39 is 17.8 Å². The van der Waals surface area contributed by atoms with E-state index in [1.54, 1.807) is 6.92 Å². The Hall–Kier alpha value is -2.38. The van der Waals surface area contributed by atoms with Crippen LogP contribution in [0.2, 0.25) is 0 Å². The van der Waals surface area contributed by atoms with Crippen molar-refractivity contribution in [3.63, 3.8) is 0 Å². The van der Waals surface area contributed by atoms with Crippen molar-refractivity contribution < 1.29 is 23.1 Å². The number of pyridine rings is 1. The van der Waals surface area contributed by atoms with Crippen molar-refractivity contribution in [2.75, 3.05) is 0 Å². The van der Waals surface area contributed by atoms with Gasteiger partial charge in [-0.25, -0.2) is 14.5 Å². The molecule has 8 heteroatoms. The molecule has 1 N–H and O–H groups in total. The standard InChI is InChI=1S/C11H8F3N3O2/c1-6-4-5-15-17(6)9-7(10(18)19)2-3-8(16-9)11(12,13)14/h2-5H,1H3,(H,18,19). The Bertz CT molecular complexity index is 634. The van der Waals surface area contributed by atoms with E-state index in [9.17, 15) is 18.0 Å². The predicted molar refractivity (Wildman–Crippen MR) is 58.1 cm³/mol. The molecule has 0 spiro atoms. The van der Waals surface area contributed by atoms with Gasteiger partial charge in [-0.05, 0) is 25.1 Å². The molecule has 0 atom stereocenters. The van der Waals surface area contributed by atoms with Crippen LogP contribution in [0.1, 0.15) is 21.7 Å². The van der Waals surface area contributed by atoms with Gasteiger partial charge < -0.3 is 5.11 Å². The molecular weight excluding hydrogens is 263 g/mol. The van der Waals surface area contributed by atoms with E-state index in [4.69, 9.17) is 5.11 Å². The largest absolute Gasteiger partial charge is 0.478 e. The van der Waals surface area contributed by atoms with E-state index in [0.29, 0.717) is 11.8 Å². The van der Waals surface area contributed by atoms with Crippen LogP contribution in [0.4, 0.5) is 13.2 Å². The Kier molecular flexibility index (Phi) is 3.01. The molecule has 2 rings (SSSR count). The highest BCUT2D eigenvalue weighted by Gasteiger charge is 2.34. The van der Waals surface area contributed by atoms with Crippen LogP contribution < -0.4 is 0 Å². The zero-order valence-corrected chi connectivity index (χ0v) is 9.64. The minimum absolute atomic E-state index is 0.347. The quantitative estimate of drug-likeness (QED) is 0.909. The number of carboxylic acid groups (broad SMARTS) is 1. The lowest BCUT2D eigenvalue weighted by Gasteiger charge is -2.11. The highest BCUT2D eigenvalue weighted by atomic mass is 19.4. The fourth-order valence-corrected chi connectivity index (χ4v) is 1.53. The van der Waals surface area contributed by atoms with Gasteiger partial charge in [0.1, 0.15) is 11.3 Å². The van der Waals surface area contributed by atoms with E-state index in [1.807, 2.05) is 0 Å². The monoisotopic (exact) mass is 271 g/mol. The van der Waals surface area contributed by atoms with Crippen LogP contribution >= 0.6 is 0 Å². The third-order valence-corrected chi connectivity index (χ3v) is 2.43. The minimum atomic E-state index is -4.65. The number of carboxylic acids is 1. The maximum atomic E-state index is 12.6. The van der Waals surface area contributed by atoms with Crippen molar-refractivity contribution in [3.8, 4) is 5.82 Å². The van der Waals surface area contributed by atoms with Gasteiger partial charge in [0.15, 0.2) is 5.82 Å². The Morgan fingerprint density at radius 1 is 1.32 bits per heavy atom. The average Bonchev–Trinajstić information content (AvgIpc) is 2.73. The first-order valence-corrected chi connectivity index (χ1v) is 5.13. The number of hydrogen-bond donors (Lipinski definition) is 1. The fourth-order valence-electron chi connectivity index (χ4n) is 1.53. The van der Waals surface area contributed by atoms with Gasteiger partial charge in [0.05, 0.1) is 0 Å². The van der Waals surface area contributed by atoms with Gasteiger partial charge in [0.25, 0.3) is 0 Å². The summed E-state index contributed by atoms with van der Waals surface area (Å²) in [5, 5.41) is 12.8. The van der Waals surface area contributed by atoms with Crippen molar-refractivity contribution in [3.05, 3.63) is 41.3 Å². The predicted octanol–water partition coefficient (Wildman–Crippen LogP) is 2.29. The smallest absolute Gasteiger partial charge is 0.433 e. The lowest BCUT2D eigenvalue weighted by Crippen LogP contribution is -2.15.